The van der Waals surface area contributed by atoms with Crippen molar-refractivity contribution < 1.29 is 4.39 Å². The van der Waals surface area contributed by atoms with Crippen LogP contribution in [0.4, 0.5) is 4.39 Å². The van der Waals surface area contributed by atoms with Crippen molar-refractivity contribution in [3.63, 3.8) is 0 Å². The molecule has 0 aliphatic rings. The molecule has 44 valence electrons. The van der Waals surface area contributed by atoms with Gasteiger partial charge in [-0.2, -0.15) is 0 Å². The van der Waals surface area contributed by atoms with Crippen LogP contribution in [0.3, 0.4) is 0 Å². The molecule has 2 heteroatoms. The monoisotopic (exact) mass is 130 g/mol. The summed E-state index contributed by atoms with van der Waals surface area (Å²) in [6.07, 6.45) is 4.16. The molecule has 0 heterocycles. The van der Waals surface area contributed by atoms with Crippen LogP contribution in [0.2, 0.25) is 0 Å². The lowest BCUT2D eigenvalue weighted by molar-refractivity contribution is 0.665. The number of rotatable bonds is 2. The number of hydrogen-bond donors (Lipinski definition) is 0. The molecule has 0 nitrogen and oxygen atoms in total. The summed E-state index contributed by atoms with van der Waals surface area (Å²) in [6, 6.07) is 0. The lowest BCUT2D eigenvalue weighted by Crippen LogP contribution is -1.61. The first-order valence-electron chi connectivity index (χ1n) is 2.25. The maximum absolute atomic E-state index is 12.0. The summed E-state index contributed by atoms with van der Waals surface area (Å²) in [7, 11) is 0. The maximum atomic E-state index is 12.0. The van der Waals surface area contributed by atoms with Crippen LogP contribution >= 0.6 is 12.2 Å². The van der Waals surface area contributed by atoms with E-state index < -0.39 is 0 Å². The van der Waals surface area contributed by atoms with Gasteiger partial charge in [0.05, 0.1) is 0 Å². The quantitative estimate of drug-likeness (QED) is 0.314. The molecule has 0 aliphatic heterocycles. The molecule has 0 rings (SSSR count). The number of halogens is 1. The van der Waals surface area contributed by atoms with Gasteiger partial charge in [-0.3, -0.25) is 0 Å². The molecule has 0 aromatic rings. The molecule has 0 N–H and O–H groups in total. The Kier molecular flexibility index (Phi) is 4.36. The van der Waals surface area contributed by atoms with Crippen LogP contribution in [0, 0.1) is 0 Å². The van der Waals surface area contributed by atoms with Crippen molar-refractivity contribution in [2.24, 2.45) is 0 Å². The summed E-state index contributed by atoms with van der Waals surface area (Å²) in [5.74, 6) is -0.258. The van der Waals surface area contributed by atoms with Crippen molar-refractivity contribution in [2.45, 2.75) is 6.92 Å². The molecule has 0 aliphatic carbocycles. The molecule has 0 bridgehead atoms. The van der Waals surface area contributed by atoms with Crippen molar-refractivity contribution in [3.8, 4) is 0 Å². The summed E-state index contributed by atoms with van der Waals surface area (Å²) in [4.78, 5) is 0. The fourth-order valence-corrected chi connectivity index (χ4v) is 0.306. The van der Waals surface area contributed by atoms with Crippen LogP contribution in [0.1, 0.15) is 6.92 Å². The molecule has 0 unspecified atom stereocenters. The van der Waals surface area contributed by atoms with E-state index in [1.165, 1.54) is 23.6 Å². The lowest BCUT2D eigenvalue weighted by atomic mass is 10.4. The second kappa shape index (κ2) is 4.65. The highest BCUT2D eigenvalue weighted by Crippen LogP contribution is 1.94. The standard InChI is InChI=1S/C6H7FS/c1-2-6(7)4-3-5-8/h2-5H,1H3/b4-3-,6-2+. The minimum Gasteiger partial charge on any atom is -0.207 e. The van der Waals surface area contributed by atoms with Crippen LogP contribution in [-0.2, 0) is 0 Å². The average Bonchev–Trinajstić information content (AvgIpc) is 1.83. The molecule has 0 radical (unpaired) electrons. The van der Waals surface area contributed by atoms with Crippen LogP contribution < -0.4 is 0 Å². The van der Waals surface area contributed by atoms with E-state index in [2.05, 4.69) is 12.2 Å². The molecule has 0 spiro atoms. The smallest absolute Gasteiger partial charge is 0.118 e. The lowest BCUT2D eigenvalue weighted by Gasteiger charge is -1.76. The Morgan fingerprint density at radius 3 is 2.62 bits per heavy atom. The van der Waals surface area contributed by atoms with Crippen molar-refractivity contribution >= 4 is 17.6 Å². The molecular formula is C6H7FS. The molecule has 0 atom stereocenters. The van der Waals surface area contributed by atoms with E-state index in [0.717, 1.165) is 0 Å². The molecular weight excluding hydrogens is 123 g/mol. The fraction of sp³-hybridized carbons (Fsp3) is 0.167. The van der Waals surface area contributed by atoms with E-state index in [1.54, 1.807) is 6.92 Å². The van der Waals surface area contributed by atoms with Gasteiger partial charge in [-0.25, -0.2) is 4.39 Å². The maximum Gasteiger partial charge on any atom is 0.118 e. The van der Waals surface area contributed by atoms with Crippen LogP contribution in [-0.4, -0.2) is 5.37 Å². The first-order valence-corrected chi connectivity index (χ1v) is 2.72. The van der Waals surface area contributed by atoms with E-state index in [9.17, 15) is 4.39 Å². The Labute approximate surface area is 53.7 Å². The van der Waals surface area contributed by atoms with Crippen molar-refractivity contribution in [3.05, 3.63) is 24.1 Å². The van der Waals surface area contributed by atoms with Crippen molar-refractivity contribution in [1.29, 1.82) is 0 Å². The van der Waals surface area contributed by atoms with Gasteiger partial charge in [0.1, 0.15) is 5.83 Å². The Balaban J connectivity index is 3.69. The van der Waals surface area contributed by atoms with Gasteiger partial charge in [0.25, 0.3) is 0 Å². The zero-order valence-corrected chi connectivity index (χ0v) is 5.41. The number of allylic oxidation sites excluding steroid dienone is 4. The summed E-state index contributed by atoms with van der Waals surface area (Å²) in [5.41, 5.74) is 0. The van der Waals surface area contributed by atoms with Gasteiger partial charge in [-0.1, -0.05) is 18.3 Å². The summed E-state index contributed by atoms with van der Waals surface area (Å²) >= 11 is 4.41. The van der Waals surface area contributed by atoms with Gasteiger partial charge < -0.3 is 0 Å². The summed E-state index contributed by atoms with van der Waals surface area (Å²) < 4.78 is 12.0. The molecule has 0 aromatic carbocycles. The Hall–Kier alpha value is -0.500. The van der Waals surface area contributed by atoms with E-state index in [4.69, 9.17) is 0 Å². The highest BCUT2D eigenvalue weighted by Gasteiger charge is 1.77. The minimum atomic E-state index is -0.258. The van der Waals surface area contributed by atoms with Gasteiger partial charge >= 0.3 is 0 Å². The van der Waals surface area contributed by atoms with E-state index in [-0.39, 0.29) is 5.83 Å². The summed E-state index contributed by atoms with van der Waals surface area (Å²) in [5, 5.41) is 1.36. The molecule has 0 amide bonds. The number of thiocarbonyl (C=S) groups is 1. The van der Waals surface area contributed by atoms with E-state index in [0.29, 0.717) is 0 Å². The van der Waals surface area contributed by atoms with Crippen LogP contribution in [0.15, 0.2) is 24.1 Å². The van der Waals surface area contributed by atoms with E-state index >= 15 is 0 Å². The normalized spacial score (nSPS) is 12.5. The van der Waals surface area contributed by atoms with Crippen molar-refractivity contribution in [1.82, 2.24) is 0 Å². The van der Waals surface area contributed by atoms with Crippen LogP contribution in [0.5, 0.6) is 0 Å². The molecule has 0 saturated carbocycles. The van der Waals surface area contributed by atoms with Gasteiger partial charge in [0.15, 0.2) is 0 Å². The predicted octanol–water partition coefficient (Wildman–Crippen LogP) is 2.42. The third-order valence-electron chi connectivity index (χ3n) is 0.610. The van der Waals surface area contributed by atoms with Crippen LogP contribution in [0.25, 0.3) is 0 Å². The van der Waals surface area contributed by atoms with Gasteiger partial charge in [0.2, 0.25) is 0 Å². The molecule has 0 saturated heterocycles. The second-order valence-electron chi connectivity index (χ2n) is 1.17. The zero-order chi connectivity index (χ0) is 6.41. The second-order valence-corrected chi connectivity index (χ2v) is 1.44. The van der Waals surface area contributed by atoms with E-state index in [1.807, 2.05) is 0 Å². The van der Waals surface area contributed by atoms with Gasteiger partial charge in [0, 0.05) is 5.37 Å². The molecule has 0 fully saturated rings. The zero-order valence-electron chi connectivity index (χ0n) is 4.60. The highest BCUT2D eigenvalue weighted by atomic mass is 32.1. The predicted molar refractivity (Wildman–Crippen MR) is 37.7 cm³/mol. The fourth-order valence-electron chi connectivity index (χ4n) is 0.227. The Morgan fingerprint density at radius 1 is 1.62 bits per heavy atom. The first-order chi connectivity index (χ1) is 3.81. The third kappa shape index (κ3) is 3.68. The topological polar surface area (TPSA) is 0 Å². The van der Waals surface area contributed by atoms with Gasteiger partial charge in [-0.05, 0) is 19.1 Å². The Bertz CT molecular complexity index is 124. The van der Waals surface area contributed by atoms with Gasteiger partial charge in [-0.15, -0.1) is 0 Å². The third-order valence-corrected chi connectivity index (χ3v) is 0.767. The first kappa shape index (κ1) is 7.50. The largest absolute Gasteiger partial charge is 0.207 e. The molecule has 8 heavy (non-hydrogen) atoms. The number of hydrogen-bond acceptors (Lipinski definition) is 1. The minimum absolute atomic E-state index is 0.258. The van der Waals surface area contributed by atoms with Crippen molar-refractivity contribution in [2.75, 3.05) is 0 Å². The molecule has 0 aromatic heterocycles. The Morgan fingerprint density at radius 2 is 2.25 bits per heavy atom. The highest BCUT2D eigenvalue weighted by molar-refractivity contribution is 7.79. The summed E-state index contributed by atoms with van der Waals surface area (Å²) in [6.45, 7) is 1.63. The SMILES string of the molecule is C/C=C(F)\C=C/C=S. The average molecular weight is 130 g/mol.